The average molecular weight is 235 g/mol. The Kier molecular flexibility index (Phi) is 6.06. The summed E-state index contributed by atoms with van der Waals surface area (Å²) in [7, 11) is 3.75. The molecule has 0 aliphatic heterocycles. The SMILES string of the molecule is CNC(CCC(C)C)Cc1ccc(OC)cc1. The van der Waals surface area contributed by atoms with Crippen LogP contribution in [-0.4, -0.2) is 20.2 Å². The highest BCUT2D eigenvalue weighted by Crippen LogP contribution is 2.15. The van der Waals surface area contributed by atoms with Crippen LogP contribution in [0.15, 0.2) is 24.3 Å². The molecule has 0 aliphatic carbocycles. The molecule has 0 fully saturated rings. The van der Waals surface area contributed by atoms with Gasteiger partial charge in [-0.15, -0.1) is 0 Å². The molecule has 0 saturated heterocycles. The zero-order chi connectivity index (χ0) is 12.7. The minimum atomic E-state index is 0.575. The minimum absolute atomic E-state index is 0.575. The van der Waals surface area contributed by atoms with E-state index in [1.54, 1.807) is 7.11 Å². The predicted octanol–water partition coefficient (Wildman–Crippen LogP) is 3.26. The first-order valence-corrected chi connectivity index (χ1v) is 6.46. The second-order valence-corrected chi connectivity index (χ2v) is 5.01. The summed E-state index contributed by atoms with van der Waals surface area (Å²) in [6, 6.07) is 8.94. The van der Waals surface area contributed by atoms with E-state index >= 15 is 0 Å². The molecule has 1 rings (SSSR count). The van der Waals surface area contributed by atoms with Crippen molar-refractivity contribution in [3.8, 4) is 5.75 Å². The maximum Gasteiger partial charge on any atom is 0.118 e. The average Bonchev–Trinajstić information content (AvgIpc) is 2.35. The fraction of sp³-hybridized carbons (Fsp3) is 0.600. The summed E-state index contributed by atoms with van der Waals surface area (Å²) in [5.74, 6) is 1.71. The molecule has 0 aliphatic rings. The molecule has 2 heteroatoms. The molecule has 0 bridgehead atoms. The van der Waals surface area contributed by atoms with Gasteiger partial charge < -0.3 is 10.1 Å². The molecule has 0 aromatic heterocycles. The third-order valence-corrected chi connectivity index (χ3v) is 3.14. The maximum atomic E-state index is 5.16. The van der Waals surface area contributed by atoms with Crippen molar-refractivity contribution >= 4 is 0 Å². The summed E-state index contributed by atoms with van der Waals surface area (Å²) in [5, 5.41) is 3.40. The fourth-order valence-electron chi connectivity index (χ4n) is 1.93. The van der Waals surface area contributed by atoms with Crippen molar-refractivity contribution in [1.82, 2.24) is 5.32 Å². The monoisotopic (exact) mass is 235 g/mol. The van der Waals surface area contributed by atoms with Gasteiger partial charge in [0.15, 0.2) is 0 Å². The largest absolute Gasteiger partial charge is 0.497 e. The lowest BCUT2D eigenvalue weighted by Crippen LogP contribution is -2.27. The molecule has 1 atom stereocenters. The summed E-state index contributed by atoms with van der Waals surface area (Å²) in [6.45, 7) is 4.56. The van der Waals surface area contributed by atoms with E-state index in [2.05, 4.69) is 38.3 Å². The lowest BCUT2D eigenvalue weighted by atomic mass is 9.98. The van der Waals surface area contributed by atoms with Crippen LogP contribution >= 0.6 is 0 Å². The van der Waals surface area contributed by atoms with Crippen LogP contribution in [0.25, 0.3) is 0 Å². The fourth-order valence-corrected chi connectivity index (χ4v) is 1.93. The Labute approximate surface area is 105 Å². The van der Waals surface area contributed by atoms with Crippen LogP contribution in [0.3, 0.4) is 0 Å². The number of rotatable bonds is 7. The van der Waals surface area contributed by atoms with Crippen molar-refractivity contribution in [2.45, 2.75) is 39.2 Å². The van der Waals surface area contributed by atoms with Gasteiger partial charge in [0.2, 0.25) is 0 Å². The van der Waals surface area contributed by atoms with Crippen molar-refractivity contribution in [2.75, 3.05) is 14.2 Å². The third kappa shape index (κ3) is 5.22. The van der Waals surface area contributed by atoms with Gasteiger partial charge in [-0.1, -0.05) is 26.0 Å². The van der Waals surface area contributed by atoms with E-state index in [-0.39, 0.29) is 0 Å². The van der Waals surface area contributed by atoms with E-state index in [9.17, 15) is 0 Å². The van der Waals surface area contributed by atoms with Crippen LogP contribution in [0.4, 0.5) is 0 Å². The Morgan fingerprint density at radius 2 is 1.76 bits per heavy atom. The van der Waals surface area contributed by atoms with Gasteiger partial charge in [0, 0.05) is 6.04 Å². The quantitative estimate of drug-likeness (QED) is 0.783. The van der Waals surface area contributed by atoms with Gasteiger partial charge in [0.1, 0.15) is 5.75 Å². The van der Waals surface area contributed by atoms with Crippen LogP contribution in [0.5, 0.6) is 5.75 Å². The summed E-state index contributed by atoms with van der Waals surface area (Å²) in [6.07, 6.45) is 3.61. The molecule has 96 valence electrons. The van der Waals surface area contributed by atoms with E-state index in [0.717, 1.165) is 18.1 Å². The van der Waals surface area contributed by atoms with Crippen LogP contribution in [0.1, 0.15) is 32.3 Å². The number of ether oxygens (including phenoxy) is 1. The maximum absolute atomic E-state index is 5.16. The molecule has 2 nitrogen and oxygen atoms in total. The van der Waals surface area contributed by atoms with E-state index in [4.69, 9.17) is 4.74 Å². The van der Waals surface area contributed by atoms with Gasteiger partial charge in [-0.2, -0.15) is 0 Å². The number of methoxy groups -OCH3 is 1. The molecule has 1 aromatic carbocycles. The first kappa shape index (κ1) is 14.0. The Bertz CT molecular complexity index is 305. The number of nitrogens with one attached hydrogen (secondary N) is 1. The predicted molar refractivity (Wildman–Crippen MR) is 73.6 cm³/mol. The molecule has 1 N–H and O–H groups in total. The summed E-state index contributed by atoms with van der Waals surface area (Å²) in [4.78, 5) is 0. The van der Waals surface area contributed by atoms with Gasteiger partial charge in [-0.25, -0.2) is 0 Å². The first-order valence-electron chi connectivity index (χ1n) is 6.46. The van der Waals surface area contributed by atoms with Crippen molar-refractivity contribution in [3.05, 3.63) is 29.8 Å². The molecule has 1 aromatic rings. The zero-order valence-corrected chi connectivity index (χ0v) is 11.5. The van der Waals surface area contributed by atoms with Crippen LogP contribution in [-0.2, 0) is 6.42 Å². The van der Waals surface area contributed by atoms with E-state index in [0.29, 0.717) is 6.04 Å². The molecule has 1 unspecified atom stereocenters. The third-order valence-electron chi connectivity index (χ3n) is 3.14. The molecule has 0 radical (unpaired) electrons. The van der Waals surface area contributed by atoms with Gasteiger partial charge in [-0.3, -0.25) is 0 Å². The lowest BCUT2D eigenvalue weighted by Gasteiger charge is -2.17. The summed E-state index contributed by atoms with van der Waals surface area (Å²) in [5.41, 5.74) is 1.37. The Morgan fingerprint density at radius 3 is 2.24 bits per heavy atom. The Morgan fingerprint density at radius 1 is 1.12 bits per heavy atom. The van der Waals surface area contributed by atoms with Gasteiger partial charge in [0.25, 0.3) is 0 Å². The number of likely N-dealkylation sites (N-methyl/N-ethyl adjacent to an activating group) is 1. The van der Waals surface area contributed by atoms with Crippen LogP contribution in [0.2, 0.25) is 0 Å². The molecular formula is C15H25NO. The van der Waals surface area contributed by atoms with E-state index in [1.807, 2.05) is 12.1 Å². The standard InChI is InChI=1S/C15H25NO/c1-12(2)5-8-14(16-3)11-13-6-9-15(17-4)10-7-13/h6-7,9-10,12,14,16H,5,8,11H2,1-4H3. The topological polar surface area (TPSA) is 21.3 Å². The van der Waals surface area contributed by atoms with Crippen molar-refractivity contribution in [1.29, 1.82) is 0 Å². The highest BCUT2D eigenvalue weighted by atomic mass is 16.5. The van der Waals surface area contributed by atoms with Crippen molar-refractivity contribution in [3.63, 3.8) is 0 Å². The zero-order valence-electron chi connectivity index (χ0n) is 11.5. The van der Waals surface area contributed by atoms with Crippen molar-refractivity contribution < 1.29 is 4.74 Å². The van der Waals surface area contributed by atoms with E-state index in [1.165, 1.54) is 18.4 Å². The number of benzene rings is 1. The van der Waals surface area contributed by atoms with Crippen molar-refractivity contribution in [2.24, 2.45) is 5.92 Å². The van der Waals surface area contributed by atoms with Crippen LogP contribution in [0, 0.1) is 5.92 Å². The highest BCUT2D eigenvalue weighted by Gasteiger charge is 2.08. The normalized spacial score (nSPS) is 12.8. The molecule has 0 spiro atoms. The molecule has 0 amide bonds. The molecule has 0 heterocycles. The number of hydrogen-bond acceptors (Lipinski definition) is 2. The minimum Gasteiger partial charge on any atom is -0.497 e. The smallest absolute Gasteiger partial charge is 0.118 e. The summed E-state index contributed by atoms with van der Waals surface area (Å²) >= 11 is 0. The van der Waals surface area contributed by atoms with Crippen LogP contribution < -0.4 is 10.1 Å². The summed E-state index contributed by atoms with van der Waals surface area (Å²) < 4.78 is 5.16. The molecule has 17 heavy (non-hydrogen) atoms. The van der Waals surface area contributed by atoms with E-state index < -0.39 is 0 Å². The second-order valence-electron chi connectivity index (χ2n) is 5.01. The Balaban J connectivity index is 2.48. The van der Waals surface area contributed by atoms with Gasteiger partial charge in [-0.05, 0) is 49.9 Å². The molecule has 0 saturated carbocycles. The number of hydrogen-bond donors (Lipinski definition) is 1. The highest BCUT2D eigenvalue weighted by molar-refractivity contribution is 5.27. The second kappa shape index (κ2) is 7.33. The van der Waals surface area contributed by atoms with Gasteiger partial charge in [0.05, 0.1) is 7.11 Å². The lowest BCUT2D eigenvalue weighted by molar-refractivity contribution is 0.414. The Hall–Kier alpha value is -1.02. The first-order chi connectivity index (χ1) is 8.15. The molecular weight excluding hydrogens is 210 g/mol. The van der Waals surface area contributed by atoms with Gasteiger partial charge >= 0.3 is 0 Å².